The molecule has 2 nitrogen and oxygen atoms in total. The van der Waals surface area contributed by atoms with E-state index in [1.54, 1.807) is 18.3 Å². The Balaban J connectivity index is 2.24. The molecule has 18 heavy (non-hydrogen) atoms. The van der Waals surface area contributed by atoms with E-state index in [1.165, 1.54) is 0 Å². The van der Waals surface area contributed by atoms with Crippen molar-refractivity contribution in [1.29, 1.82) is 5.26 Å². The lowest BCUT2D eigenvalue weighted by atomic mass is 9.95. The van der Waals surface area contributed by atoms with Gasteiger partial charge in [0, 0.05) is 18.3 Å². The Kier molecular flexibility index (Phi) is 4.19. The molecule has 4 heteroatoms. The third-order valence-corrected chi connectivity index (χ3v) is 3.38. The standard InChI is InChI=1S/C14H10Cl2N2/c15-13-5-4-10(8-14(13)16)11(9-17)7-12-3-1-2-6-18-12/h1-6,8,11H,7H2. The molecule has 0 amide bonds. The Morgan fingerprint density at radius 1 is 1.17 bits per heavy atom. The molecule has 0 N–H and O–H groups in total. The molecule has 0 aliphatic rings. The number of benzene rings is 1. The van der Waals surface area contributed by atoms with Gasteiger partial charge in [-0.15, -0.1) is 0 Å². The SMILES string of the molecule is N#CC(Cc1ccccn1)c1ccc(Cl)c(Cl)c1. The maximum absolute atomic E-state index is 9.25. The minimum absolute atomic E-state index is 0.269. The molecule has 1 unspecified atom stereocenters. The van der Waals surface area contributed by atoms with Crippen LogP contribution in [0.5, 0.6) is 0 Å². The van der Waals surface area contributed by atoms with E-state index in [0.29, 0.717) is 16.5 Å². The Hall–Kier alpha value is -1.56. The van der Waals surface area contributed by atoms with Gasteiger partial charge in [0.15, 0.2) is 0 Å². The Bertz CT molecular complexity index is 576. The van der Waals surface area contributed by atoms with Gasteiger partial charge in [-0.1, -0.05) is 35.3 Å². The highest BCUT2D eigenvalue weighted by Crippen LogP contribution is 2.27. The van der Waals surface area contributed by atoms with Crippen LogP contribution in [0.2, 0.25) is 10.0 Å². The summed E-state index contributed by atoms with van der Waals surface area (Å²) < 4.78 is 0. The molecule has 0 saturated heterocycles. The molecule has 0 fully saturated rings. The molecular formula is C14H10Cl2N2. The number of nitrogens with zero attached hydrogens (tertiary/aromatic N) is 2. The van der Waals surface area contributed by atoms with Crippen LogP contribution in [-0.2, 0) is 6.42 Å². The maximum atomic E-state index is 9.25. The minimum Gasteiger partial charge on any atom is -0.261 e. The van der Waals surface area contributed by atoms with Gasteiger partial charge in [-0.3, -0.25) is 4.98 Å². The van der Waals surface area contributed by atoms with Gasteiger partial charge in [-0.05, 0) is 29.8 Å². The van der Waals surface area contributed by atoms with Gasteiger partial charge in [0.05, 0.1) is 22.0 Å². The van der Waals surface area contributed by atoms with Crippen molar-refractivity contribution in [3.8, 4) is 6.07 Å². The van der Waals surface area contributed by atoms with Crippen molar-refractivity contribution in [2.75, 3.05) is 0 Å². The second-order valence-electron chi connectivity index (χ2n) is 3.88. The van der Waals surface area contributed by atoms with Crippen LogP contribution in [0.4, 0.5) is 0 Å². The second kappa shape index (κ2) is 5.86. The van der Waals surface area contributed by atoms with E-state index in [2.05, 4.69) is 11.1 Å². The third kappa shape index (κ3) is 3.01. The van der Waals surface area contributed by atoms with Gasteiger partial charge >= 0.3 is 0 Å². The molecule has 1 atom stereocenters. The zero-order valence-electron chi connectivity index (χ0n) is 9.48. The van der Waals surface area contributed by atoms with Crippen LogP contribution in [0.3, 0.4) is 0 Å². The van der Waals surface area contributed by atoms with Crippen LogP contribution < -0.4 is 0 Å². The maximum Gasteiger partial charge on any atom is 0.0768 e. The topological polar surface area (TPSA) is 36.7 Å². The highest BCUT2D eigenvalue weighted by Gasteiger charge is 2.13. The summed E-state index contributed by atoms with van der Waals surface area (Å²) >= 11 is 11.8. The first-order valence-electron chi connectivity index (χ1n) is 5.45. The molecule has 1 aromatic heterocycles. The van der Waals surface area contributed by atoms with Crippen LogP contribution in [0, 0.1) is 11.3 Å². The smallest absolute Gasteiger partial charge is 0.0768 e. The zero-order chi connectivity index (χ0) is 13.0. The summed E-state index contributed by atoms with van der Waals surface area (Å²) in [6, 6.07) is 13.2. The first-order valence-corrected chi connectivity index (χ1v) is 6.21. The first-order chi connectivity index (χ1) is 8.70. The molecule has 0 spiro atoms. The van der Waals surface area contributed by atoms with Crippen LogP contribution >= 0.6 is 23.2 Å². The fourth-order valence-electron chi connectivity index (χ4n) is 1.70. The predicted octanol–water partition coefficient (Wildman–Crippen LogP) is 4.24. The molecular weight excluding hydrogens is 267 g/mol. The lowest BCUT2D eigenvalue weighted by molar-refractivity contribution is 0.821. The van der Waals surface area contributed by atoms with E-state index in [9.17, 15) is 5.26 Å². The number of hydrogen-bond donors (Lipinski definition) is 0. The summed E-state index contributed by atoms with van der Waals surface area (Å²) in [7, 11) is 0. The third-order valence-electron chi connectivity index (χ3n) is 2.64. The zero-order valence-corrected chi connectivity index (χ0v) is 11.0. The Morgan fingerprint density at radius 2 is 2.00 bits per heavy atom. The van der Waals surface area contributed by atoms with Crippen molar-refractivity contribution in [2.45, 2.75) is 12.3 Å². The molecule has 0 aliphatic heterocycles. The van der Waals surface area contributed by atoms with E-state index in [1.807, 2.05) is 24.3 Å². The van der Waals surface area contributed by atoms with Crippen LogP contribution in [-0.4, -0.2) is 4.98 Å². The van der Waals surface area contributed by atoms with Gasteiger partial charge in [0.2, 0.25) is 0 Å². The highest BCUT2D eigenvalue weighted by molar-refractivity contribution is 6.42. The number of nitriles is 1. The summed E-state index contributed by atoms with van der Waals surface area (Å²) in [5, 5.41) is 10.2. The van der Waals surface area contributed by atoms with E-state index in [4.69, 9.17) is 23.2 Å². The van der Waals surface area contributed by atoms with Crippen LogP contribution in [0.1, 0.15) is 17.2 Å². The fraction of sp³-hybridized carbons (Fsp3) is 0.143. The monoisotopic (exact) mass is 276 g/mol. The van der Waals surface area contributed by atoms with Crippen molar-refractivity contribution in [2.24, 2.45) is 0 Å². The second-order valence-corrected chi connectivity index (χ2v) is 4.69. The summed E-state index contributed by atoms with van der Waals surface area (Å²) in [5.41, 5.74) is 1.74. The summed E-state index contributed by atoms with van der Waals surface area (Å²) in [4.78, 5) is 4.22. The molecule has 1 aromatic carbocycles. The predicted molar refractivity (Wildman–Crippen MR) is 72.8 cm³/mol. The van der Waals surface area contributed by atoms with Crippen molar-refractivity contribution < 1.29 is 0 Å². The molecule has 0 saturated carbocycles. The highest BCUT2D eigenvalue weighted by atomic mass is 35.5. The lowest BCUT2D eigenvalue weighted by Gasteiger charge is -2.09. The Morgan fingerprint density at radius 3 is 2.61 bits per heavy atom. The van der Waals surface area contributed by atoms with Gasteiger partial charge < -0.3 is 0 Å². The van der Waals surface area contributed by atoms with Crippen molar-refractivity contribution >= 4 is 23.2 Å². The molecule has 2 rings (SSSR count). The largest absolute Gasteiger partial charge is 0.261 e. The summed E-state index contributed by atoms with van der Waals surface area (Å²) in [6.45, 7) is 0. The van der Waals surface area contributed by atoms with Gasteiger partial charge in [0.25, 0.3) is 0 Å². The normalized spacial score (nSPS) is 11.8. The van der Waals surface area contributed by atoms with E-state index in [0.717, 1.165) is 11.3 Å². The van der Waals surface area contributed by atoms with Gasteiger partial charge in [0.1, 0.15) is 0 Å². The molecule has 2 aromatic rings. The molecule has 90 valence electrons. The van der Waals surface area contributed by atoms with Crippen LogP contribution in [0.15, 0.2) is 42.6 Å². The van der Waals surface area contributed by atoms with Crippen LogP contribution in [0.25, 0.3) is 0 Å². The van der Waals surface area contributed by atoms with Gasteiger partial charge in [-0.25, -0.2) is 0 Å². The van der Waals surface area contributed by atoms with Crippen molar-refractivity contribution in [1.82, 2.24) is 4.98 Å². The number of hydrogen-bond acceptors (Lipinski definition) is 2. The first kappa shape index (κ1) is 12.9. The number of aromatic nitrogens is 1. The van der Waals surface area contributed by atoms with E-state index < -0.39 is 0 Å². The molecule has 0 aliphatic carbocycles. The minimum atomic E-state index is -0.269. The summed E-state index contributed by atoms with van der Waals surface area (Å²) in [5.74, 6) is -0.269. The van der Waals surface area contributed by atoms with E-state index >= 15 is 0 Å². The van der Waals surface area contributed by atoms with Crippen molar-refractivity contribution in [3.05, 3.63) is 63.9 Å². The molecule has 0 bridgehead atoms. The molecule has 0 radical (unpaired) electrons. The average Bonchev–Trinajstić information content (AvgIpc) is 2.40. The van der Waals surface area contributed by atoms with E-state index in [-0.39, 0.29) is 5.92 Å². The fourth-order valence-corrected chi connectivity index (χ4v) is 2.00. The van der Waals surface area contributed by atoms with Crippen molar-refractivity contribution in [3.63, 3.8) is 0 Å². The lowest BCUT2D eigenvalue weighted by Crippen LogP contribution is -2.02. The molecule has 1 heterocycles. The number of halogens is 2. The Labute approximate surface area is 116 Å². The number of pyridine rings is 1. The number of rotatable bonds is 3. The average molecular weight is 277 g/mol. The van der Waals surface area contributed by atoms with Gasteiger partial charge in [-0.2, -0.15) is 5.26 Å². The summed E-state index contributed by atoms with van der Waals surface area (Å²) in [6.07, 6.45) is 2.29. The quantitative estimate of drug-likeness (QED) is 0.841.